The quantitative estimate of drug-likeness (QED) is 0.620. The summed E-state index contributed by atoms with van der Waals surface area (Å²) in [5, 5.41) is 9.49. The Morgan fingerprint density at radius 2 is 2.14 bits per heavy atom. The van der Waals surface area contributed by atoms with E-state index in [1.165, 1.54) is 0 Å². The molecule has 2 heterocycles. The lowest BCUT2D eigenvalue weighted by atomic mass is 9.78. The third-order valence-corrected chi connectivity index (χ3v) is 2.31. The maximum absolute atomic E-state index is 9.49. The van der Waals surface area contributed by atoms with Crippen molar-refractivity contribution in [1.29, 1.82) is 0 Å². The summed E-state index contributed by atoms with van der Waals surface area (Å²) in [4.78, 5) is 0. The Hall–Kier alpha value is -0.905. The van der Waals surface area contributed by atoms with Gasteiger partial charge >= 0.3 is 7.12 Å². The Labute approximate surface area is 87.3 Å². The van der Waals surface area contributed by atoms with Gasteiger partial charge in [0.2, 0.25) is 6.79 Å². The normalized spacial score (nSPS) is 16.5. The SMILES string of the molecule is Cl.OB1OCc2ccc3c(c21)OCO3. The second kappa shape index (κ2) is 3.35. The number of hydrogen-bond acceptors (Lipinski definition) is 4. The van der Waals surface area contributed by atoms with Crippen LogP contribution in [0.5, 0.6) is 11.5 Å². The maximum Gasteiger partial charge on any atom is 0.495 e. The molecule has 0 unspecified atom stereocenters. The molecule has 0 saturated carbocycles. The molecule has 0 saturated heterocycles. The number of rotatable bonds is 0. The second-order valence-electron chi connectivity index (χ2n) is 3.04. The monoisotopic (exact) mass is 214 g/mol. The minimum atomic E-state index is -0.869. The molecule has 74 valence electrons. The Bertz CT molecular complexity index is 371. The zero-order valence-electron chi connectivity index (χ0n) is 7.23. The predicted molar refractivity (Wildman–Crippen MR) is 52.2 cm³/mol. The summed E-state index contributed by atoms with van der Waals surface area (Å²) < 4.78 is 15.5. The molecule has 1 aromatic rings. The average molecular weight is 214 g/mol. The van der Waals surface area contributed by atoms with Crippen LogP contribution >= 0.6 is 12.4 Å². The van der Waals surface area contributed by atoms with E-state index >= 15 is 0 Å². The fraction of sp³-hybridized carbons (Fsp3) is 0.250. The molecule has 2 aliphatic rings. The van der Waals surface area contributed by atoms with Crippen molar-refractivity contribution in [3.63, 3.8) is 0 Å². The first-order chi connectivity index (χ1) is 6.36. The molecule has 0 bridgehead atoms. The first kappa shape index (κ1) is 9.64. The lowest BCUT2D eigenvalue weighted by molar-refractivity contribution is 0.174. The van der Waals surface area contributed by atoms with Gasteiger partial charge in [0.1, 0.15) is 0 Å². The Morgan fingerprint density at radius 1 is 1.29 bits per heavy atom. The molecular weight excluding hydrogens is 206 g/mol. The van der Waals surface area contributed by atoms with Gasteiger partial charge in [-0.25, -0.2) is 0 Å². The first-order valence-electron chi connectivity index (χ1n) is 4.07. The third-order valence-electron chi connectivity index (χ3n) is 2.31. The highest BCUT2D eigenvalue weighted by Crippen LogP contribution is 2.33. The van der Waals surface area contributed by atoms with Crippen LogP contribution < -0.4 is 14.9 Å². The first-order valence-corrected chi connectivity index (χ1v) is 4.07. The number of benzene rings is 1. The molecule has 14 heavy (non-hydrogen) atoms. The Kier molecular flexibility index (Phi) is 2.30. The fourth-order valence-electron chi connectivity index (χ4n) is 1.68. The minimum Gasteiger partial charge on any atom is -0.454 e. The summed E-state index contributed by atoms with van der Waals surface area (Å²) in [6.45, 7) is 0.658. The van der Waals surface area contributed by atoms with E-state index in [4.69, 9.17) is 14.1 Å². The summed E-state index contributed by atoms with van der Waals surface area (Å²) in [6.07, 6.45) is 0. The van der Waals surface area contributed by atoms with Crippen molar-refractivity contribution in [3.8, 4) is 11.5 Å². The Morgan fingerprint density at radius 3 is 3.00 bits per heavy atom. The molecule has 0 aliphatic carbocycles. The van der Waals surface area contributed by atoms with Crippen molar-refractivity contribution in [1.82, 2.24) is 0 Å². The van der Waals surface area contributed by atoms with Gasteiger partial charge in [-0.1, -0.05) is 6.07 Å². The smallest absolute Gasteiger partial charge is 0.454 e. The van der Waals surface area contributed by atoms with Crippen LogP contribution in [0.1, 0.15) is 5.56 Å². The van der Waals surface area contributed by atoms with Crippen LogP contribution in [0.25, 0.3) is 0 Å². The van der Waals surface area contributed by atoms with Gasteiger partial charge in [-0.3, -0.25) is 0 Å². The van der Waals surface area contributed by atoms with E-state index in [0.29, 0.717) is 18.1 Å². The van der Waals surface area contributed by atoms with Crippen molar-refractivity contribution in [3.05, 3.63) is 17.7 Å². The summed E-state index contributed by atoms with van der Waals surface area (Å²) in [5.41, 5.74) is 1.69. The lowest BCUT2D eigenvalue weighted by Crippen LogP contribution is -2.29. The lowest BCUT2D eigenvalue weighted by Gasteiger charge is -2.02. The van der Waals surface area contributed by atoms with Gasteiger partial charge in [-0.2, -0.15) is 0 Å². The zero-order chi connectivity index (χ0) is 8.84. The summed E-state index contributed by atoms with van der Waals surface area (Å²) in [5.74, 6) is 1.31. The van der Waals surface area contributed by atoms with E-state index in [1.807, 2.05) is 12.1 Å². The molecule has 0 aromatic heterocycles. The van der Waals surface area contributed by atoms with E-state index in [1.54, 1.807) is 0 Å². The second-order valence-corrected chi connectivity index (χ2v) is 3.04. The minimum absolute atomic E-state index is 0. The van der Waals surface area contributed by atoms with E-state index in [0.717, 1.165) is 11.0 Å². The number of fused-ring (bicyclic) bond motifs is 3. The van der Waals surface area contributed by atoms with E-state index in [2.05, 4.69) is 0 Å². The maximum atomic E-state index is 9.49. The summed E-state index contributed by atoms with van der Waals surface area (Å²) >= 11 is 0. The van der Waals surface area contributed by atoms with E-state index in [9.17, 15) is 5.02 Å². The largest absolute Gasteiger partial charge is 0.495 e. The van der Waals surface area contributed by atoms with Crippen molar-refractivity contribution in [2.75, 3.05) is 6.79 Å². The predicted octanol–water partition coefficient (Wildman–Crippen LogP) is 0.0548. The molecule has 0 atom stereocenters. The van der Waals surface area contributed by atoms with Crippen LogP contribution in [-0.4, -0.2) is 18.9 Å². The molecule has 1 N–H and O–H groups in total. The number of hydrogen-bond donors (Lipinski definition) is 1. The van der Waals surface area contributed by atoms with Gasteiger partial charge in [0, 0.05) is 5.46 Å². The van der Waals surface area contributed by atoms with Crippen LogP contribution in [-0.2, 0) is 11.3 Å². The topological polar surface area (TPSA) is 47.9 Å². The van der Waals surface area contributed by atoms with Gasteiger partial charge in [0.25, 0.3) is 0 Å². The van der Waals surface area contributed by atoms with Crippen molar-refractivity contribution < 1.29 is 19.2 Å². The molecular formula is C8H8BClO4. The highest BCUT2D eigenvalue weighted by atomic mass is 35.5. The van der Waals surface area contributed by atoms with Crippen LogP contribution in [0.2, 0.25) is 0 Å². The molecule has 2 aliphatic heterocycles. The average Bonchev–Trinajstić information content (AvgIpc) is 2.70. The van der Waals surface area contributed by atoms with Crippen LogP contribution in [0, 0.1) is 0 Å². The van der Waals surface area contributed by atoms with Gasteiger partial charge in [-0.15, -0.1) is 12.4 Å². The highest BCUT2D eigenvalue weighted by Gasteiger charge is 2.34. The summed E-state index contributed by atoms with van der Waals surface area (Å²) in [7, 11) is -0.869. The van der Waals surface area contributed by atoms with Gasteiger partial charge in [0.15, 0.2) is 11.5 Å². The zero-order valence-corrected chi connectivity index (χ0v) is 8.04. The van der Waals surface area contributed by atoms with Crippen molar-refractivity contribution >= 4 is 25.0 Å². The van der Waals surface area contributed by atoms with Gasteiger partial charge in [-0.05, 0) is 11.6 Å². The standard InChI is InChI=1S/C8H7BO4.ClH/c10-9-7-5(3-13-9)1-2-6-8(7)12-4-11-6;/h1-2,10H,3-4H2;1H. The summed E-state index contributed by atoms with van der Waals surface area (Å²) in [6, 6.07) is 3.72. The number of ether oxygens (including phenoxy) is 2. The fourth-order valence-corrected chi connectivity index (χ4v) is 1.68. The van der Waals surface area contributed by atoms with Crippen LogP contribution in [0.15, 0.2) is 12.1 Å². The molecule has 0 amide bonds. The number of halogens is 1. The van der Waals surface area contributed by atoms with E-state index in [-0.39, 0.29) is 19.2 Å². The van der Waals surface area contributed by atoms with E-state index < -0.39 is 7.12 Å². The molecule has 4 nitrogen and oxygen atoms in total. The molecule has 0 radical (unpaired) electrons. The third kappa shape index (κ3) is 1.17. The molecule has 3 rings (SSSR count). The van der Waals surface area contributed by atoms with Crippen molar-refractivity contribution in [2.45, 2.75) is 6.61 Å². The molecule has 0 spiro atoms. The highest BCUT2D eigenvalue weighted by molar-refractivity contribution is 6.62. The van der Waals surface area contributed by atoms with Crippen LogP contribution in [0.4, 0.5) is 0 Å². The van der Waals surface area contributed by atoms with Gasteiger partial charge in [0.05, 0.1) is 6.61 Å². The molecule has 1 aromatic carbocycles. The molecule has 0 fully saturated rings. The molecule has 6 heteroatoms. The van der Waals surface area contributed by atoms with Crippen LogP contribution in [0.3, 0.4) is 0 Å². The van der Waals surface area contributed by atoms with Gasteiger partial charge < -0.3 is 19.2 Å². The van der Waals surface area contributed by atoms with Crippen molar-refractivity contribution in [2.24, 2.45) is 0 Å². The Balaban J connectivity index is 0.000000750.